The largest absolute Gasteiger partial charge is 0.418 e. The number of hydrogen-bond donors (Lipinski definition) is 2. The number of amides is 1. The van der Waals surface area contributed by atoms with Crippen LogP contribution in [-0.4, -0.2) is 18.0 Å². The Balaban J connectivity index is 2.95. The maximum absolute atomic E-state index is 12.9. The van der Waals surface area contributed by atoms with Crippen LogP contribution in [0.3, 0.4) is 0 Å². The summed E-state index contributed by atoms with van der Waals surface area (Å²) in [5.41, 5.74) is -1.17. The first-order valence-corrected chi connectivity index (χ1v) is 6.97. The number of alkyl halides is 3. The van der Waals surface area contributed by atoms with Gasteiger partial charge in [-0.25, -0.2) is 0 Å². The number of nitrogens with one attached hydrogen (secondary N) is 2. The van der Waals surface area contributed by atoms with Crippen molar-refractivity contribution < 1.29 is 18.0 Å². The average Bonchev–Trinajstić information content (AvgIpc) is 2.39. The van der Waals surface area contributed by atoms with Gasteiger partial charge in [-0.3, -0.25) is 4.79 Å². The third-order valence-electron chi connectivity index (χ3n) is 3.07. The summed E-state index contributed by atoms with van der Waals surface area (Å²) in [4.78, 5) is 11.9. The van der Waals surface area contributed by atoms with E-state index in [-0.39, 0.29) is 22.7 Å². The molecule has 1 aromatic carbocycles. The number of rotatable bonds is 5. The number of carbonyl (C=O) groups excluding carboxylic acids is 1. The van der Waals surface area contributed by atoms with Gasteiger partial charge in [0.2, 0.25) is 5.91 Å². The molecule has 0 spiro atoms. The number of carbonyl (C=O) groups is 1. The van der Waals surface area contributed by atoms with E-state index in [1.54, 1.807) is 0 Å². The molecule has 1 rings (SSSR count). The van der Waals surface area contributed by atoms with E-state index in [9.17, 15) is 18.0 Å². The molecule has 2 atom stereocenters. The molecule has 7 heteroatoms. The van der Waals surface area contributed by atoms with Crippen molar-refractivity contribution in [3.8, 4) is 0 Å². The third kappa shape index (κ3) is 4.81. The minimum Gasteiger partial charge on any atom is -0.372 e. The monoisotopic (exact) mass is 322 g/mol. The standard InChI is InChI=1S/C14H18ClF3N2O/c1-4-8(2)19-13(21)9(3)20-12-10(14(16,17)18)6-5-7-11(12)15/h5-9,20H,4H2,1-3H3,(H,19,21). The topological polar surface area (TPSA) is 41.1 Å². The van der Waals surface area contributed by atoms with E-state index in [0.717, 1.165) is 12.5 Å². The molecule has 0 fully saturated rings. The van der Waals surface area contributed by atoms with Gasteiger partial charge in [-0.2, -0.15) is 13.2 Å². The average molecular weight is 323 g/mol. The van der Waals surface area contributed by atoms with Crippen LogP contribution in [0.25, 0.3) is 0 Å². The molecule has 0 bridgehead atoms. The van der Waals surface area contributed by atoms with E-state index >= 15 is 0 Å². The Kier molecular flexibility index (Phi) is 5.89. The molecule has 0 saturated heterocycles. The first kappa shape index (κ1) is 17.6. The van der Waals surface area contributed by atoms with Crippen LogP contribution in [0.2, 0.25) is 5.02 Å². The van der Waals surface area contributed by atoms with E-state index in [1.807, 2.05) is 13.8 Å². The highest BCUT2D eigenvalue weighted by molar-refractivity contribution is 6.33. The second-order valence-electron chi connectivity index (χ2n) is 4.84. The van der Waals surface area contributed by atoms with Gasteiger partial charge >= 0.3 is 6.18 Å². The van der Waals surface area contributed by atoms with Crippen LogP contribution in [0, 0.1) is 0 Å². The van der Waals surface area contributed by atoms with Crippen molar-refractivity contribution in [3.63, 3.8) is 0 Å². The molecular weight excluding hydrogens is 305 g/mol. The lowest BCUT2D eigenvalue weighted by molar-refractivity contribution is -0.137. The normalized spacial score (nSPS) is 14.4. The molecule has 0 heterocycles. The fourth-order valence-electron chi connectivity index (χ4n) is 1.66. The predicted molar refractivity (Wildman–Crippen MR) is 77.4 cm³/mol. The number of para-hydroxylation sites is 1. The lowest BCUT2D eigenvalue weighted by Crippen LogP contribution is -2.42. The van der Waals surface area contributed by atoms with E-state index in [4.69, 9.17) is 11.6 Å². The molecule has 0 aliphatic carbocycles. The van der Waals surface area contributed by atoms with Crippen LogP contribution in [0.4, 0.5) is 18.9 Å². The highest BCUT2D eigenvalue weighted by atomic mass is 35.5. The molecule has 2 N–H and O–H groups in total. The second-order valence-corrected chi connectivity index (χ2v) is 5.25. The molecular formula is C14H18ClF3N2O. The van der Waals surface area contributed by atoms with Gasteiger partial charge in [-0.05, 0) is 32.4 Å². The van der Waals surface area contributed by atoms with Crippen molar-refractivity contribution >= 4 is 23.2 Å². The molecule has 0 aromatic heterocycles. The molecule has 1 aromatic rings. The molecule has 21 heavy (non-hydrogen) atoms. The van der Waals surface area contributed by atoms with Crippen molar-refractivity contribution in [1.82, 2.24) is 5.32 Å². The molecule has 2 unspecified atom stereocenters. The third-order valence-corrected chi connectivity index (χ3v) is 3.39. The molecule has 0 aliphatic heterocycles. The number of benzene rings is 1. The maximum atomic E-state index is 12.9. The Morgan fingerprint density at radius 3 is 2.48 bits per heavy atom. The van der Waals surface area contributed by atoms with Gasteiger partial charge in [0.15, 0.2) is 0 Å². The summed E-state index contributed by atoms with van der Waals surface area (Å²) in [5.74, 6) is -0.377. The highest BCUT2D eigenvalue weighted by Gasteiger charge is 2.35. The van der Waals surface area contributed by atoms with Crippen LogP contribution in [0.1, 0.15) is 32.8 Å². The van der Waals surface area contributed by atoms with Gasteiger partial charge < -0.3 is 10.6 Å². The van der Waals surface area contributed by atoms with Crippen LogP contribution in [0.15, 0.2) is 18.2 Å². The summed E-state index contributed by atoms with van der Waals surface area (Å²) in [6, 6.07) is 2.61. The fourth-order valence-corrected chi connectivity index (χ4v) is 1.89. The maximum Gasteiger partial charge on any atom is 0.418 e. The van der Waals surface area contributed by atoms with Crippen LogP contribution in [-0.2, 0) is 11.0 Å². The fraction of sp³-hybridized carbons (Fsp3) is 0.500. The zero-order valence-corrected chi connectivity index (χ0v) is 12.8. The first-order valence-electron chi connectivity index (χ1n) is 6.59. The smallest absolute Gasteiger partial charge is 0.372 e. The Labute approximate surface area is 126 Å². The molecule has 0 saturated carbocycles. The lowest BCUT2D eigenvalue weighted by atomic mass is 10.1. The number of halogens is 4. The number of anilines is 1. The molecule has 3 nitrogen and oxygen atoms in total. The summed E-state index contributed by atoms with van der Waals surface area (Å²) in [7, 11) is 0. The summed E-state index contributed by atoms with van der Waals surface area (Å²) >= 11 is 5.82. The summed E-state index contributed by atoms with van der Waals surface area (Å²) in [6.07, 6.45) is -3.81. The molecule has 0 radical (unpaired) electrons. The summed E-state index contributed by atoms with van der Waals surface area (Å²) in [5, 5.41) is 5.18. The van der Waals surface area contributed by atoms with Crippen LogP contribution in [0.5, 0.6) is 0 Å². The van der Waals surface area contributed by atoms with Crippen molar-refractivity contribution in [2.45, 2.75) is 45.5 Å². The van der Waals surface area contributed by atoms with Gasteiger partial charge in [0.1, 0.15) is 6.04 Å². The lowest BCUT2D eigenvalue weighted by Gasteiger charge is -2.21. The Morgan fingerprint density at radius 1 is 1.33 bits per heavy atom. The molecule has 118 valence electrons. The van der Waals surface area contributed by atoms with Crippen LogP contribution >= 0.6 is 11.6 Å². The zero-order valence-electron chi connectivity index (χ0n) is 12.0. The Morgan fingerprint density at radius 2 is 1.95 bits per heavy atom. The SMILES string of the molecule is CCC(C)NC(=O)C(C)Nc1c(Cl)cccc1C(F)(F)F. The van der Waals surface area contributed by atoms with Crippen molar-refractivity contribution in [1.29, 1.82) is 0 Å². The molecule has 0 aliphatic rings. The van der Waals surface area contributed by atoms with Crippen molar-refractivity contribution in [2.75, 3.05) is 5.32 Å². The zero-order chi connectivity index (χ0) is 16.2. The first-order chi connectivity index (χ1) is 9.66. The predicted octanol–water partition coefficient (Wildman–Crippen LogP) is 4.07. The summed E-state index contributed by atoms with van der Waals surface area (Å²) < 4.78 is 38.8. The van der Waals surface area contributed by atoms with E-state index < -0.39 is 17.8 Å². The van der Waals surface area contributed by atoms with Crippen molar-refractivity contribution in [3.05, 3.63) is 28.8 Å². The van der Waals surface area contributed by atoms with E-state index in [0.29, 0.717) is 0 Å². The minimum absolute atomic E-state index is 0.0462. The van der Waals surface area contributed by atoms with Gasteiger partial charge in [-0.15, -0.1) is 0 Å². The minimum atomic E-state index is -4.54. The van der Waals surface area contributed by atoms with Crippen molar-refractivity contribution in [2.24, 2.45) is 0 Å². The van der Waals surface area contributed by atoms with E-state index in [1.165, 1.54) is 19.1 Å². The highest BCUT2D eigenvalue weighted by Crippen LogP contribution is 2.38. The van der Waals surface area contributed by atoms with Gasteiger partial charge in [0.05, 0.1) is 16.3 Å². The quantitative estimate of drug-likeness (QED) is 0.858. The summed E-state index contributed by atoms with van der Waals surface area (Å²) in [6.45, 7) is 5.21. The van der Waals surface area contributed by atoms with Gasteiger partial charge in [0.25, 0.3) is 0 Å². The van der Waals surface area contributed by atoms with Crippen LogP contribution < -0.4 is 10.6 Å². The Hall–Kier alpha value is -1.43. The Bertz CT molecular complexity index is 505. The molecule has 1 amide bonds. The van der Waals surface area contributed by atoms with Gasteiger partial charge in [-0.1, -0.05) is 24.6 Å². The second kappa shape index (κ2) is 7.02. The van der Waals surface area contributed by atoms with Gasteiger partial charge in [0, 0.05) is 6.04 Å². The van der Waals surface area contributed by atoms with E-state index in [2.05, 4.69) is 10.6 Å². The number of hydrogen-bond acceptors (Lipinski definition) is 2.